The summed E-state index contributed by atoms with van der Waals surface area (Å²) in [6.45, 7) is -0.269. The summed E-state index contributed by atoms with van der Waals surface area (Å²) in [6, 6.07) is 5.01. The third kappa shape index (κ3) is 3.38. The van der Waals surface area contributed by atoms with Gasteiger partial charge in [-0.15, -0.1) is 0 Å². The molecule has 0 atom stereocenters. The Labute approximate surface area is 152 Å². The van der Waals surface area contributed by atoms with E-state index in [2.05, 4.69) is 5.32 Å². The van der Waals surface area contributed by atoms with E-state index in [-0.39, 0.29) is 24.8 Å². The zero-order valence-corrected chi connectivity index (χ0v) is 15.2. The van der Waals surface area contributed by atoms with Crippen molar-refractivity contribution in [1.82, 2.24) is 4.90 Å². The number of carbonyl (C=O) groups excluding carboxylic acids is 3. The van der Waals surface area contributed by atoms with Gasteiger partial charge in [-0.3, -0.25) is 19.3 Å². The molecule has 3 rings (SSSR count). The van der Waals surface area contributed by atoms with Gasteiger partial charge in [0.1, 0.15) is 18.0 Å². The molecule has 1 spiro atoms. The summed E-state index contributed by atoms with van der Waals surface area (Å²) in [7, 11) is 3.03. The predicted molar refractivity (Wildman–Crippen MR) is 95.0 cm³/mol. The number of nitrogens with one attached hydrogen (secondary N) is 1. The number of methoxy groups -OCH3 is 2. The highest BCUT2D eigenvalue weighted by atomic mass is 16.5. The molecular formula is C19H24N2O5. The van der Waals surface area contributed by atoms with Gasteiger partial charge in [0.25, 0.3) is 0 Å². The Morgan fingerprint density at radius 2 is 1.88 bits per heavy atom. The molecule has 1 saturated carbocycles. The van der Waals surface area contributed by atoms with E-state index in [1.165, 1.54) is 7.11 Å². The summed E-state index contributed by atoms with van der Waals surface area (Å²) >= 11 is 0. The number of imide groups is 1. The van der Waals surface area contributed by atoms with Crippen LogP contribution in [-0.2, 0) is 14.4 Å². The van der Waals surface area contributed by atoms with Gasteiger partial charge in [0.2, 0.25) is 17.7 Å². The molecule has 0 radical (unpaired) electrons. The monoisotopic (exact) mass is 360 g/mol. The number of rotatable bonds is 5. The largest absolute Gasteiger partial charge is 0.497 e. The number of hydrogen-bond acceptors (Lipinski definition) is 5. The van der Waals surface area contributed by atoms with Gasteiger partial charge in [0.15, 0.2) is 0 Å². The summed E-state index contributed by atoms with van der Waals surface area (Å²) in [5.41, 5.74) is -0.113. The molecule has 2 aliphatic rings. The van der Waals surface area contributed by atoms with Crippen LogP contribution < -0.4 is 14.8 Å². The number of nitrogens with zero attached hydrogens (tertiary/aromatic N) is 1. The maximum atomic E-state index is 12.8. The summed E-state index contributed by atoms with van der Waals surface area (Å²) in [5.74, 6) is 0.167. The van der Waals surface area contributed by atoms with Gasteiger partial charge in [-0.05, 0) is 25.0 Å². The Morgan fingerprint density at radius 3 is 2.54 bits per heavy atom. The predicted octanol–water partition coefficient (Wildman–Crippen LogP) is 2.35. The Kier molecular flexibility index (Phi) is 5.15. The van der Waals surface area contributed by atoms with Gasteiger partial charge in [0.05, 0.1) is 25.3 Å². The average Bonchev–Trinajstić information content (AvgIpc) is 2.86. The first-order chi connectivity index (χ1) is 12.5. The molecule has 1 aromatic carbocycles. The van der Waals surface area contributed by atoms with Crippen LogP contribution >= 0.6 is 0 Å². The van der Waals surface area contributed by atoms with Crippen LogP contribution in [0.3, 0.4) is 0 Å². The molecule has 7 heteroatoms. The van der Waals surface area contributed by atoms with Crippen molar-refractivity contribution in [2.24, 2.45) is 5.41 Å². The van der Waals surface area contributed by atoms with Crippen LogP contribution in [0.5, 0.6) is 11.5 Å². The Balaban J connectivity index is 1.68. The van der Waals surface area contributed by atoms with Crippen molar-refractivity contribution in [3.63, 3.8) is 0 Å². The maximum Gasteiger partial charge on any atom is 0.244 e. The molecule has 7 nitrogen and oxygen atoms in total. The molecular weight excluding hydrogens is 336 g/mol. The third-order valence-corrected chi connectivity index (χ3v) is 5.28. The molecule has 2 fully saturated rings. The number of hydrogen-bond donors (Lipinski definition) is 1. The lowest BCUT2D eigenvalue weighted by molar-refractivity contribution is -0.144. The first-order valence-corrected chi connectivity index (χ1v) is 8.86. The van der Waals surface area contributed by atoms with Crippen LogP contribution in [0.25, 0.3) is 0 Å². The van der Waals surface area contributed by atoms with Crippen molar-refractivity contribution in [1.29, 1.82) is 0 Å². The molecule has 0 aromatic heterocycles. The highest BCUT2D eigenvalue weighted by Crippen LogP contribution is 2.45. The molecule has 140 valence electrons. The van der Waals surface area contributed by atoms with Crippen molar-refractivity contribution in [2.45, 2.75) is 38.5 Å². The van der Waals surface area contributed by atoms with Crippen LogP contribution in [0, 0.1) is 5.41 Å². The zero-order valence-electron chi connectivity index (χ0n) is 15.2. The van der Waals surface area contributed by atoms with Gasteiger partial charge < -0.3 is 14.8 Å². The molecule has 0 bridgehead atoms. The van der Waals surface area contributed by atoms with Crippen LogP contribution in [-0.4, -0.2) is 43.4 Å². The standard InChI is InChI=1S/C19H24N2O5/c1-25-13-6-7-14(15(10-13)26-2)20-16(22)12-21-17(23)11-19(18(21)24)8-4-3-5-9-19/h6-7,10H,3-5,8-9,11-12H2,1-2H3,(H,20,22). The van der Waals surface area contributed by atoms with Crippen molar-refractivity contribution >= 4 is 23.4 Å². The van der Waals surface area contributed by atoms with E-state index in [1.807, 2.05) is 0 Å². The third-order valence-electron chi connectivity index (χ3n) is 5.28. The summed E-state index contributed by atoms with van der Waals surface area (Å²) in [5, 5.41) is 2.71. The molecule has 3 amide bonds. The van der Waals surface area contributed by atoms with E-state index in [1.54, 1.807) is 25.3 Å². The van der Waals surface area contributed by atoms with E-state index in [9.17, 15) is 14.4 Å². The van der Waals surface area contributed by atoms with E-state index in [0.717, 1.165) is 37.0 Å². The molecule has 1 heterocycles. The van der Waals surface area contributed by atoms with Crippen molar-refractivity contribution in [3.05, 3.63) is 18.2 Å². The summed E-state index contributed by atoms with van der Waals surface area (Å²) < 4.78 is 10.4. The lowest BCUT2D eigenvalue weighted by atomic mass is 9.73. The lowest BCUT2D eigenvalue weighted by Gasteiger charge is -2.30. The topological polar surface area (TPSA) is 84.9 Å². The fourth-order valence-corrected chi connectivity index (χ4v) is 3.87. The van der Waals surface area contributed by atoms with Gasteiger partial charge >= 0.3 is 0 Å². The van der Waals surface area contributed by atoms with Gasteiger partial charge in [-0.1, -0.05) is 19.3 Å². The number of ether oxygens (including phenoxy) is 2. The number of carbonyl (C=O) groups is 3. The van der Waals surface area contributed by atoms with Gasteiger partial charge in [-0.25, -0.2) is 0 Å². The maximum absolute atomic E-state index is 12.8. The van der Waals surface area contributed by atoms with Crippen LogP contribution in [0.1, 0.15) is 38.5 Å². The highest BCUT2D eigenvalue weighted by Gasteiger charge is 2.51. The molecule has 1 aromatic rings. The molecule has 1 saturated heterocycles. The number of likely N-dealkylation sites (tertiary alicyclic amines) is 1. The average molecular weight is 360 g/mol. The normalized spacial score (nSPS) is 18.9. The van der Waals surface area contributed by atoms with Crippen molar-refractivity contribution in [2.75, 3.05) is 26.1 Å². The minimum atomic E-state index is -0.576. The fraction of sp³-hybridized carbons (Fsp3) is 0.526. The highest BCUT2D eigenvalue weighted by molar-refractivity contribution is 6.09. The molecule has 0 unspecified atom stereocenters. The van der Waals surface area contributed by atoms with E-state index in [4.69, 9.17) is 9.47 Å². The summed E-state index contributed by atoms with van der Waals surface area (Å²) in [6.07, 6.45) is 4.72. The van der Waals surface area contributed by atoms with E-state index in [0.29, 0.717) is 17.2 Å². The number of anilines is 1. The summed E-state index contributed by atoms with van der Waals surface area (Å²) in [4.78, 5) is 38.6. The first-order valence-electron chi connectivity index (χ1n) is 8.86. The Bertz CT molecular complexity index is 725. The molecule has 1 aliphatic heterocycles. The molecule has 1 N–H and O–H groups in total. The van der Waals surface area contributed by atoms with E-state index >= 15 is 0 Å². The van der Waals surface area contributed by atoms with Crippen LogP contribution in [0.2, 0.25) is 0 Å². The quantitative estimate of drug-likeness (QED) is 0.815. The minimum Gasteiger partial charge on any atom is -0.497 e. The molecule has 26 heavy (non-hydrogen) atoms. The van der Waals surface area contributed by atoms with Gasteiger partial charge in [0, 0.05) is 12.5 Å². The smallest absolute Gasteiger partial charge is 0.244 e. The van der Waals surface area contributed by atoms with Crippen molar-refractivity contribution < 1.29 is 23.9 Å². The van der Waals surface area contributed by atoms with Crippen LogP contribution in [0.15, 0.2) is 18.2 Å². The first kappa shape index (κ1) is 18.2. The second-order valence-electron chi connectivity index (χ2n) is 6.92. The second kappa shape index (κ2) is 7.35. The number of amides is 3. The van der Waals surface area contributed by atoms with E-state index < -0.39 is 11.3 Å². The van der Waals surface area contributed by atoms with Crippen molar-refractivity contribution in [3.8, 4) is 11.5 Å². The second-order valence-corrected chi connectivity index (χ2v) is 6.92. The SMILES string of the molecule is COc1ccc(NC(=O)CN2C(=O)CC3(CCCCC3)C2=O)c(OC)c1. The number of benzene rings is 1. The van der Waals surface area contributed by atoms with Crippen LogP contribution in [0.4, 0.5) is 5.69 Å². The zero-order chi connectivity index (χ0) is 18.7. The Morgan fingerprint density at radius 1 is 1.15 bits per heavy atom. The fourth-order valence-electron chi connectivity index (χ4n) is 3.87. The van der Waals surface area contributed by atoms with Gasteiger partial charge in [-0.2, -0.15) is 0 Å². The Hall–Kier alpha value is -2.57. The minimum absolute atomic E-state index is 0.195. The lowest BCUT2D eigenvalue weighted by Crippen LogP contribution is -2.41. The molecule has 1 aliphatic carbocycles.